The molecule has 1 unspecified atom stereocenters. The summed E-state index contributed by atoms with van der Waals surface area (Å²) in [5, 5.41) is 0. The van der Waals surface area contributed by atoms with Crippen LogP contribution in [0.4, 0.5) is 13.2 Å². The molecule has 4 heteroatoms. The Bertz CT molecular complexity index is 1220. The van der Waals surface area contributed by atoms with Crippen LogP contribution in [0.2, 0.25) is 0 Å². The van der Waals surface area contributed by atoms with E-state index in [0.29, 0.717) is 22.6 Å². The molecule has 0 saturated heterocycles. The fourth-order valence-corrected chi connectivity index (χ4v) is 4.71. The molecule has 1 aliphatic rings. The number of allylic oxidation sites excluding steroid dienone is 4. The smallest absolute Gasteiger partial charge is 0.201 e. The topological polar surface area (TPSA) is 9.23 Å². The Morgan fingerprint density at radius 1 is 0.886 bits per heavy atom. The molecule has 0 saturated carbocycles. The zero-order chi connectivity index (χ0) is 24.8. The zero-order valence-corrected chi connectivity index (χ0v) is 20.3. The maximum absolute atomic E-state index is 15.1. The van der Waals surface area contributed by atoms with Gasteiger partial charge < -0.3 is 4.74 Å². The molecule has 0 aliphatic heterocycles. The SMILES string of the molecule is C/C=C/CCC1CC=C(c2ccc(-c3ccc(-c4ccc(OCC)c(F)c4F)cc3)c(F)c2)CC1. The molecule has 0 amide bonds. The zero-order valence-electron chi connectivity index (χ0n) is 20.3. The molecule has 0 aromatic heterocycles. The summed E-state index contributed by atoms with van der Waals surface area (Å²) in [6.45, 7) is 4.02. The highest BCUT2D eigenvalue weighted by Gasteiger charge is 2.18. The fourth-order valence-electron chi connectivity index (χ4n) is 4.71. The lowest BCUT2D eigenvalue weighted by Gasteiger charge is -2.22. The Morgan fingerprint density at radius 2 is 1.57 bits per heavy atom. The third-order valence-corrected chi connectivity index (χ3v) is 6.69. The minimum atomic E-state index is -1.00. The second-order valence-corrected chi connectivity index (χ2v) is 8.96. The summed E-state index contributed by atoms with van der Waals surface area (Å²) in [7, 11) is 0. The van der Waals surface area contributed by atoms with Gasteiger partial charge in [-0.15, -0.1) is 0 Å². The minimum absolute atomic E-state index is 0.107. The Kier molecular flexibility index (Phi) is 8.12. The van der Waals surface area contributed by atoms with Gasteiger partial charge in [-0.3, -0.25) is 0 Å². The van der Waals surface area contributed by atoms with E-state index >= 15 is 4.39 Å². The highest BCUT2D eigenvalue weighted by Crippen LogP contribution is 2.35. The van der Waals surface area contributed by atoms with Crippen LogP contribution in [0.25, 0.3) is 27.8 Å². The molecule has 0 N–H and O–H groups in total. The molecule has 3 aromatic carbocycles. The van der Waals surface area contributed by atoms with Gasteiger partial charge in [-0.2, -0.15) is 4.39 Å². The van der Waals surface area contributed by atoms with Crippen LogP contribution in [0.5, 0.6) is 5.75 Å². The molecule has 0 radical (unpaired) electrons. The van der Waals surface area contributed by atoms with Crippen molar-refractivity contribution in [3.63, 3.8) is 0 Å². The molecule has 3 aromatic rings. The van der Waals surface area contributed by atoms with Gasteiger partial charge in [0.1, 0.15) is 5.82 Å². The predicted octanol–water partition coefficient (Wildman–Crippen LogP) is 9.38. The molecular formula is C31H31F3O. The summed E-state index contributed by atoms with van der Waals surface area (Å²) >= 11 is 0. The molecule has 182 valence electrons. The Hall–Kier alpha value is -3.27. The van der Waals surface area contributed by atoms with Crippen molar-refractivity contribution in [3.05, 3.63) is 95.8 Å². The van der Waals surface area contributed by atoms with Gasteiger partial charge in [0.15, 0.2) is 11.6 Å². The van der Waals surface area contributed by atoms with Crippen LogP contribution in [0.3, 0.4) is 0 Å². The first-order valence-electron chi connectivity index (χ1n) is 12.3. The highest BCUT2D eigenvalue weighted by atomic mass is 19.2. The van der Waals surface area contributed by atoms with Crippen molar-refractivity contribution < 1.29 is 17.9 Å². The summed E-state index contributed by atoms with van der Waals surface area (Å²) in [5.41, 5.74) is 3.97. The van der Waals surface area contributed by atoms with Crippen LogP contribution in [0.15, 0.2) is 72.8 Å². The van der Waals surface area contributed by atoms with Gasteiger partial charge in [-0.1, -0.05) is 54.6 Å². The molecule has 1 aliphatic carbocycles. The predicted molar refractivity (Wildman–Crippen MR) is 138 cm³/mol. The second kappa shape index (κ2) is 11.4. The largest absolute Gasteiger partial charge is 0.491 e. The Morgan fingerprint density at radius 3 is 2.20 bits per heavy atom. The molecule has 0 heterocycles. The lowest BCUT2D eigenvalue weighted by atomic mass is 9.84. The van der Waals surface area contributed by atoms with Gasteiger partial charge in [0.2, 0.25) is 5.82 Å². The van der Waals surface area contributed by atoms with E-state index in [9.17, 15) is 8.78 Å². The van der Waals surface area contributed by atoms with E-state index < -0.39 is 11.6 Å². The van der Waals surface area contributed by atoms with Gasteiger partial charge in [0.05, 0.1) is 6.61 Å². The molecule has 1 nitrogen and oxygen atoms in total. The summed E-state index contributed by atoms with van der Waals surface area (Å²) in [5.74, 6) is -1.65. The van der Waals surface area contributed by atoms with E-state index in [2.05, 4.69) is 18.2 Å². The maximum Gasteiger partial charge on any atom is 0.201 e. The molecular weight excluding hydrogens is 445 g/mol. The normalized spacial score (nSPS) is 15.9. The van der Waals surface area contributed by atoms with E-state index in [1.807, 2.05) is 13.0 Å². The summed E-state index contributed by atoms with van der Waals surface area (Å²) in [6, 6.07) is 15.1. The first-order chi connectivity index (χ1) is 17.0. The van der Waals surface area contributed by atoms with Crippen LogP contribution >= 0.6 is 0 Å². The quantitative estimate of drug-likeness (QED) is 0.294. The van der Waals surface area contributed by atoms with Crippen LogP contribution < -0.4 is 4.74 Å². The number of hydrogen-bond donors (Lipinski definition) is 0. The van der Waals surface area contributed by atoms with E-state index in [1.54, 1.807) is 43.3 Å². The van der Waals surface area contributed by atoms with E-state index in [4.69, 9.17) is 4.74 Å². The van der Waals surface area contributed by atoms with Crippen molar-refractivity contribution in [1.29, 1.82) is 0 Å². The van der Waals surface area contributed by atoms with Crippen LogP contribution in [-0.2, 0) is 0 Å². The summed E-state index contributed by atoms with van der Waals surface area (Å²) in [6.07, 6.45) is 12.0. The van der Waals surface area contributed by atoms with E-state index in [1.165, 1.54) is 24.1 Å². The average molecular weight is 477 g/mol. The Balaban J connectivity index is 1.49. The van der Waals surface area contributed by atoms with E-state index in [-0.39, 0.29) is 23.7 Å². The number of ether oxygens (including phenoxy) is 1. The maximum atomic E-state index is 15.1. The lowest BCUT2D eigenvalue weighted by molar-refractivity contribution is 0.314. The van der Waals surface area contributed by atoms with Crippen molar-refractivity contribution >= 4 is 5.57 Å². The molecule has 0 spiro atoms. The monoisotopic (exact) mass is 476 g/mol. The Labute approximate surface area is 206 Å². The lowest BCUT2D eigenvalue weighted by Crippen LogP contribution is -2.05. The first-order valence-corrected chi connectivity index (χ1v) is 12.3. The highest BCUT2D eigenvalue weighted by molar-refractivity contribution is 5.74. The van der Waals surface area contributed by atoms with Gasteiger partial charge in [-0.05, 0) is 92.3 Å². The number of benzene rings is 3. The van der Waals surface area contributed by atoms with E-state index in [0.717, 1.165) is 31.2 Å². The third kappa shape index (κ3) is 5.70. The van der Waals surface area contributed by atoms with Crippen molar-refractivity contribution in [2.45, 2.75) is 46.0 Å². The molecule has 4 rings (SSSR count). The minimum Gasteiger partial charge on any atom is -0.491 e. The number of hydrogen-bond acceptors (Lipinski definition) is 1. The van der Waals surface area contributed by atoms with Crippen molar-refractivity contribution in [3.8, 4) is 28.0 Å². The fraction of sp³-hybridized carbons (Fsp3) is 0.290. The molecule has 0 fully saturated rings. The summed E-state index contributed by atoms with van der Waals surface area (Å²) in [4.78, 5) is 0. The number of rotatable bonds is 8. The second-order valence-electron chi connectivity index (χ2n) is 8.96. The summed E-state index contributed by atoms with van der Waals surface area (Å²) < 4.78 is 49.0. The standard InChI is InChI=1S/C31H31F3O/c1-3-5-6-7-21-8-10-22(11-9-21)25-16-17-26(28(32)20-25)23-12-14-24(15-13-23)27-18-19-29(35-4-2)31(34)30(27)33/h3,5,10,12-21H,4,6-9,11H2,1-2H3/b5-3+. The van der Waals surface area contributed by atoms with Crippen molar-refractivity contribution in [1.82, 2.24) is 0 Å². The van der Waals surface area contributed by atoms with Crippen LogP contribution in [-0.4, -0.2) is 6.61 Å². The number of halogens is 3. The van der Waals surface area contributed by atoms with Crippen molar-refractivity contribution in [2.75, 3.05) is 6.61 Å². The molecule has 0 bridgehead atoms. The molecule has 35 heavy (non-hydrogen) atoms. The molecule has 1 atom stereocenters. The van der Waals surface area contributed by atoms with Gasteiger partial charge in [0, 0.05) is 11.1 Å². The van der Waals surface area contributed by atoms with Crippen molar-refractivity contribution in [2.24, 2.45) is 5.92 Å². The van der Waals surface area contributed by atoms with Gasteiger partial charge in [-0.25, -0.2) is 8.78 Å². The van der Waals surface area contributed by atoms with Gasteiger partial charge in [0.25, 0.3) is 0 Å². The van der Waals surface area contributed by atoms with Crippen LogP contribution in [0, 0.1) is 23.4 Å². The first kappa shape index (κ1) is 24.8. The van der Waals surface area contributed by atoms with Gasteiger partial charge >= 0.3 is 0 Å². The van der Waals surface area contributed by atoms with Crippen LogP contribution in [0.1, 0.15) is 51.5 Å². The average Bonchev–Trinajstić information content (AvgIpc) is 2.88. The third-order valence-electron chi connectivity index (χ3n) is 6.69.